The number of rotatable bonds is 2. The normalized spacial score (nSPS) is 20.0. The lowest BCUT2D eigenvalue weighted by atomic mass is 10.0. The Bertz CT molecular complexity index is 380. The van der Waals surface area contributed by atoms with Crippen LogP contribution in [0.15, 0.2) is 24.3 Å². The van der Waals surface area contributed by atoms with Gasteiger partial charge in [-0.1, -0.05) is 24.1 Å². The number of hydrogen-bond acceptors (Lipinski definition) is 2. The highest BCUT2D eigenvalue weighted by Crippen LogP contribution is 2.17. The van der Waals surface area contributed by atoms with Crippen molar-refractivity contribution in [3.05, 3.63) is 29.8 Å². The standard InChI is InChI=1S/C14H20N2O/c1-11-6-8-12(9-7-11)16(2)14(17)13-5-3-4-10-15-13/h6-9,13,15H,3-5,10H2,1-2H3/t13-/m0/s1. The number of carbonyl (C=O) groups excluding carboxylic acids is 1. The lowest BCUT2D eigenvalue weighted by Gasteiger charge is -2.27. The molecule has 1 heterocycles. The fourth-order valence-electron chi connectivity index (χ4n) is 2.19. The van der Waals surface area contributed by atoms with E-state index in [1.165, 1.54) is 12.0 Å². The van der Waals surface area contributed by atoms with Gasteiger partial charge in [0.1, 0.15) is 0 Å². The number of piperidine rings is 1. The highest BCUT2D eigenvalue weighted by molar-refractivity contribution is 5.96. The number of nitrogens with one attached hydrogen (secondary N) is 1. The predicted molar refractivity (Wildman–Crippen MR) is 70.2 cm³/mol. The van der Waals surface area contributed by atoms with Crippen LogP contribution in [0.2, 0.25) is 0 Å². The van der Waals surface area contributed by atoms with E-state index in [1.807, 2.05) is 38.2 Å². The average molecular weight is 232 g/mol. The van der Waals surface area contributed by atoms with Gasteiger partial charge in [0.25, 0.3) is 0 Å². The SMILES string of the molecule is Cc1ccc(N(C)C(=O)[C@@H]2CCCCN2)cc1. The summed E-state index contributed by atoms with van der Waals surface area (Å²) >= 11 is 0. The molecule has 92 valence electrons. The van der Waals surface area contributed by atoms with E-state index in [9.17, 15) is 4.79 Å². The third-order valence-electron chi connectivity index (χ3n) is 3.36. The van der Waals surface area contributed by atoms with Crippen molar-refractivity contribution in [3.63, 3.8) is 0 Å². The van der Waals surface area contributed by atoms with Crippen LogP contribution in [-0.2, 0) is 4.79 Å². The van der Waals surface area contributed by atoms with E-state index >= 15 is 0 Å². The van der Waals surface area contributed by atoms with Crippen molar-refractivity contribution < 1.29 is 4.79 Å². The maximum absolute atomic E-state index is 12.2. The zero-order valence-electron chi connectivity index (χ0n) is 10.6. The summed E-state index contributed by atoms with van der Waals surface area (Å²) in [4.78, 5) is 14.0. The molecule has 0 aliphatic carbocycles. The van der Waals surface area contributed by atoms with Gasteiger partial charge in [-0.05, 0) is 38.4 Å². The third kappa shape index (κ3) is 2.86. The number of anilines is 1. The first kappa shape index (κ1) is 12.1. The van der Waals surface area contributed by atoms with Crippen molar-refractivity contribution in [3.8, 4) is 0 Å². The number of likely N-dealkylation sites (N-methyl/N-ethyl adjacent to an activating group) is 1. The molecule has 0 aromatic heterocycles. The van der Waals surface area contributed by atoms with Crippen LogP contribution in [0.25, 0.3) is 0 Å². The molecule has 0 spiro atoms. The molecule has 1 aromatic carbocycles. The minimum Gasteiger partial charge on any atom is -0.314 e. The average Bonchev–Trinajstić information content (AvgIpc) is 2.39. The molecule has 0 radical (unpaired) electrons. The smallest absolute Gasteiger partial charge is 0.243 e. The van der Waals surface area contributed by atoms with Crippen LogP contribution >= 0.6 is 0 Å². The van der Waals surface area contributed by atoms with Gasteiger partial charge in [0.15, 0.2) is 0 Å². The molecule has 1 saturated heterocycles. The second-order valence-electron chi connectivity index (χ2n) is 4.74. The Hall–Kier alpha value is -1.35. The Morgan fingerprint density at radius 2 is 2.00 bits per heavy atom. The molecule has 3 heteroatoms. The van der Waals surface area contributed by atoms with Gasteiger partial charge < -0.3 is 10.2 Å². The van der Waals surface area contributed by atoms with E-state index in [0.29, 0.717) is 0 Å². The summed E-state index contributed by atoms with van der Waals surface area (Å²) in [7, 11) is 1.85. The van der Waals surface area contributed by atoms with Crippen molar-refractivity contribution in [1.29, 1.82) is 0 Å². The van der Waals surface area contributed by atoms with Crippen molar-refractivity contribution in [2.45, 2.75) is 32.2 Å². The minimum absolute atomic E-state index is 0.00458. The van der Waals surface area contributed by atoms with Gasteiger partial charge in [0, 0.05) is 12.7 Å². The number of nitrogens with zero attached hydrogens (tertiary/aromatic N) is 1. The zero-order chi connectivity index (χ0) is 12.3. The fourth-order valence-corrected chi connectivity index (χ4v) is 2.19. The lowest BCUT2D eigenvalue weighted by Crippen LogP contribution is -2.47. The monoisotopic (exact) mass is 232 g/mol. The molecule has 17 heavy (non-hydrogen) atoms. The summed E-state index contributed by atoms with van der Waals surface area (Å²) in [6, 6.07) is 8.06. The Morgan fingerprint density at radius 1 is 1.29 bits per heavy atom. The van der Waals surface area contributed by atoms with Crippen LogP contribution in [0, 0.1) is 6.92 Å². The molecular weight excluding hydrogens is 212 g/mol. The molecule has 1 aromatic rings. The number of aryl methyl sites for hydroxylation is 1. The maximum atomic E-state index is 12.2. The summed E-state index contributed by atoms with van der Waals surface area (Å²) in [5.41, 5.74) is 2.18. The van der Waals surface area contributed by atoms with Crippen LogP contribution in [0.5, 0.6) is 0 Å². The molecule has 1 aliphatic rings. The van der Waals surface area contributed by atoms with E-state index in [1.54, 1.807) is 4.90 Å². The van der Waals surface area contributed by atoms with Crippen molar-refractivity contribution in [2.75, 3.05) is 18.5 Å². The van der Waals surface area contributed by atoms with E-state index in [-0.39, 0.29) is 11.9 Å². The minimum atomic E-state index is -0.00458. The molecule has 1 N–H and O–H groups in total. The highest BCUT2D eigenvalue weighted by atomic mass is 16.2. The topological polar surface area (TPSA) is 32.3 Å². The van der Waals surface area contributed by atoms with Gasteiger partial charge in [-0.15, -0.1) is 0 Å². The summed E-state index contributed by atoms with van der Waals surface area (Å²) in [5, 5.41) is 3.29. The van der Waals surface area contributed by atoms with Gasteiger partial charge in [-0.25, -0.2) is 0 Å². The van der Waals surface area contributed by atoms with E-state index in [0.717, 1.165) is 25.1 Å². The summed E-state index contributed by atoms with van der Waals surface area (Å²) in [5.74, 6) is 0.175. The zero-order valence-corrected chi connectivity index (χ0v) is 10.6. The van der Waals surface area contributed by atoms with Crippen LogP contribution < -0.4 is 10.2 Å². The second kappa shape index (κ2) is 5.32. The third-order valence-corrected chi connectivity index (χ3v) is 3.36. The Balaban J connectivity index is 2.05. The number of benzene rings is 1. The molecule has 1 aliphatic heterocycles. The van der Waals surface area contributed by atoms with Gasteiger partial charge >= 0.3 is 0 Å². The quantitative estimate of drug-likeness (QED) is 0.847. The van der Waals surface area contributed by atoms with E-state index < -0.39 is 0 Å². The van der Waals surface area contributed by atoms with Crippen LogP contribution in [0.3, 0.4) is 0 Å². The summed E-state index contributed by atoms with van der Waals surface area (Å²) in [6.07, 6.45) is 3.28. The lowest BCUT2D eigenvalue weighted by molar-refractivity contribution is -0.120. The molecule has 0 bridgehead atoms. The van der Waals surface area contributed by atoms with Gasteiger partial charge in [-0.2, -0.15) is 0 Å². The Kier molecular flexibility index (Phi) is 3.79. The number of hydrogen-bond donors (Lipinski definition) is 1. The first-order valence-corrected chi connectivity index (χ1v) is 6.26. The first-order chi connectivity index (χ1) is 8.18. The number of amides is 1. The Morgan fingerprint density at radius 3 is 2.59 bits per heavy atom. The molecule has 1 atom stereocenters. The number of carbonyl (C=O) groups is 1. The van der Waals surface area contributed by atoms with Crippen LogP contribution in [-0.4, -0.2) is 25.5 Å². The van der Waals surface area contributed by atoms with E-state index in [4.69, 9.17) is 0 Å². The summed E-state index contributed by atoms with van der Waals surface area (Å²) in [6.45, 7) is 3.01. The summed E-state index contributed by atoms with van der Waals surface area (Å²) < 4.78 is 0. The van der Waals surface area contributed by atoms with Gasteiger partial charge in [0.2, 0.25) is 5.91 Å². The van der Waals surface area contributed by atoms with Gasteiger partial charge in [-0.3, -0.25) is 4.79 Å². The molecule has 2 rings (SSSR count). The molecule has 1 fully saturated rings. The predicted octanol–water partition coefficient (Wildman–Crippen LogP) is 2.10. The van der Waals surface area contributed by atoms with Crippen LogP contribution in [0.1, 0.15) is 24.8 Å². The highest BCUT2D eigenvalue weighted by Gasteiger charge is 2.24. The van der Waals surface area contributed by atoms with Crippen molar-refractivity contribution >= 4 is 11.6 Å². The molecule has 3 nitrogen and oxygen atoms in total. The molecule has 1 amide bonds. The Labute approximate surface area is 103 Å². The molecule has 0 unspecified atom stereocenters. The van der Waals surface area contributed by atoms with E-state index in [2.05, 4.69) is 5.32 Å². The van der Waals surface area contributed by atoms with Crippen molar-refractivity contribution in [1.82, 2.24) is 5.32 Å². The first-order valence-electron chi connectivity index (χ1n) is 6.26. The maximum Gasteiger partial charge on any atom is 0.243 e. The molecule has 0 saturated carbocycles. The van der Waals surface area contributed by atoms with Gasteiger partial charge in [0.05, 0.1) is 6.04 Å². The fraction of sp³-hybridized carbons (Fsp3) is 0.500. The van der Waals surface area contributed by atoms with Crippen molar-refractivity contribution in [2.24, 2.45) is 0 Å². The van der Waals surface area contributed by atoms with Crippen LogP contribution in [0.4, 0.5) is 5.69 Å². The second-order valence-corrected chi connectivity index (χ2v) is 4.74. The largest absolute Gasteiger partial charge is 0.314 e. The molecular formula is C14H20N2O.